The summed E-state index contributed by atoms with van der Waals surface area (Å²) < 4.78 is 6.63. The van der Waals surface area contributed by atoms with Gasteiger partial charge in [0.15, 0.2) is 0 Å². The van der Waals surface area contributed by atoms with E-state index in [-0.39, 0.29) is 24.3 Å². The van der Waals surface area contributed by atoms with Crippen LogP contribution in [-0.2, 0) is 25.5 Å². The van der Waals surface area contributed by atoms with Gasteiger partial charge in [-0.3, -0.25) is 14.4 Å². The second-order valence-electron chi connectivity index (χ2n) is 11.2. The number of carbonyl (C=O) groups is 3. The van der Waals surface area contributed by atoms with Crippen molar-refractivity contribution in [2.45, 2.75) is 49.5 Å². The lowest BCUT2D eigenvalue weighted by Crippen LogP contribution is -2.57. The van der Waals surface area contributed by atoms with Crippen molar-refractivity contribution in [1.29, 1.82) is 0 Å². The van der Waals surface area contributed by atoms with E-state index < -0.39 is 35.1 Å². The maximum atomic E-state index is 14.3. The first-order valence-electron chi connectivity index (χ1n) is 13.5. The minimum absolute atomic E-state index is 0.267. The fourth-order valence-electron chi connectivity index (χ4n) is 7.23. The molecule has 2 bridgehead atoms. The van der Waals surface area contributed by atoms with Crippen molar-refractivity contribution in [2.24, 2.45) is 11.8 Å². The molecule has 2 unspecified atom stereocenters. The van der Waals surface area contributed by atoms with E-state index in [1.807, 2.05) is 79.7 Å². The summed E-state index contributed by atoms with van der Waals surface area (Å²) >= 11 is 0. The van der Waals surface area contributed by atoms with Crippen molar-refractivity contribution in [3.8, 4) is 0 Å². The van der Waals surface area contributed by atoms with E-state index in [0.29, 0.717) is 24.9 Å². The van der Waals surface area contributed by atoms with E-state index in [1.54, 1.807) is 7.05 Å². The monoisotopic (exact) mass is 527 g/mol. The average Bonchev–Trinajstić information content (AvgIpc) is 3.52. The second-order valence-corrected chi connectivity index (χ2v) is 11.2. The molecule has 39 heavy (non-hydrogen) atoms. The molecule has 6 atom stereocenters. The van der Waals surface area contributed by atoms with E-state index in [2.05, 4.69) is 10.6 Å². The van der Waals surface area contributed by atoms with Gasteiger partial charge in [-0.05, 0) is 54.7 Å². The highest BCUT2D eigenvalue weighted by molar-refractivity contribution is 6.04. The molecule has 0 aromatic heterocycles. The van der Waals surface area contributed by atoms with Gasteiger partial charge in [0.1, 0.15) is 11.6 Å². The minimum Gasteiger partial charge on any atom is -0.394 e. The molecule has 3 saturated heterocycles. The Labute approximate surface area is 227 Å². The summed E-state index contributed by atoms with van der Waals surface area (Å²) in [6.45, 7) is 1.54. The van der Waals surface area contributed by atoms with Gasteiger partial charge in [0.25, 0.3) is 0 Å². The zero-order valence-electron chi connectivity index (χ0n) is 22.1. The topological polar surface area (TPSA) is 108 Å². The first-order chi connectivity index (χ1) is 18.8. The van der Waals surface area contributed by atoms with Gasteiger partial charge in [-0.1, -0.05) is 60.7 Å². The van der Waals surface area contributed by atoms with Crippen molar-refractivity contribution in [3.05, 3.63) is 78.4 Å². The Morgan fingerprint density at radius 3 is 2.46 bits per heavy atom. The van der Waals surface area contributed by atoms with Gasteiger partial charge in [-0.15, -0.1) is 0 Å². The molecule has 3 aromatic carbocycles. The number of aliphatic hydroxyl groups is 1. The van der Waals surface area contributed by atoms with Gasteiger partial charge < -0.3 is 25.4 Å². The second kappa shape index (κ2) is 9.47. The average molecular weight is 528 g/mol. The number of hydrogen-bond donors (Lipinski definition) is 3. The van der Waals surface area contributed by atoms with Crippen LogP contribution in [0.3, 0.4) is 0 Å². The molecule has 3 heterocycles. The summed E-state index contributed by atoms with van der Waals surface area (Å²) in [5.41, 5.74) is -0.459. The van der Waals surface area contributed by atoms with Crippen molar-refractivity contribution in [1.82, 2.24) is 10.2 Å². The van der Waals surface area contributed by atoms with Crippen molar-refractivity contribution < 1.29 is 24.2 Å². The third kappa shape index (κ3) is 3.93. The number of fused-ring (bicyclic) bond motifs is 2. The maximum Gasteiger partial charge on any atom is 0.250 e. The molecule has 1 spiro atoms. The molecule has 0 radical (unpaired) electrons. The number of rotatable bonds is 7. The van der Waals surface area contributed by atoms with Crippen LogP contribution in [0.1, 0.15) is 25.3 Å². The van der Waals surface area contributed by atoms with Crippen LogP contribution < -0.4 is 10.6 Å². The maximum absolute atomic E-state index is 14.3. The van der Waals surface area contributed by atoms with E-state index in [9.17, 15) is 19.5 Å². The Kier molecular flexibility index (Phi) is 6.19. The van der Waals surface area contributed by atoms with Gasteiger partial charge in [0, 0.05) is 12.7 Å². The molecule has 0 aliphatic carbocycles. The Hall–Kier alpha value is -3.75. The van der Waals surface area contributed by atoms with E-state index in [1.165, 1.54) is 4.90 Å². The number of ether oxygens (including phenoxy) is 1. The Morgan fingerprint density at radius 1 is 1.03 bits per heavy atom. The fraction of sp³-hybridized carbons (Fsp3) is 0.387. The summed E-state index contributed by atoms with van der Waals surface area (Å²) in [7, 11) is 1.55. The number of benzene rings is 3. The molecule has 8 heteroatoms. The van der Waals surface area contributed by atoms with Crippen LogP contribution in [0.2, 0.25) is 0 Å². The minimum atomic E-state index is -1.16. The highest BCUT2D eigenvalue weighted by Gasteiger charge is 2.78. The lowest BCUT2D eigenvalue weighted by molar-refractivity contribution is -0.147. The Balaban J connectivity index is 1.41. The normalized spacial score (nSPS) is 29.9. The largest absolute Gasteiger partial charge is 0.394 e. The SMILES string of the molecule is CNC(=O)[C@H]1[C@H]2C(=O)N([C@@H](CO)Cc3ccccc3)C(C(=O)Nc3ccc4ccccc4c3)C23CC[C@]1(C)O3. The van der Waals surface area contributed by atoms with E-state index >= 15 is 0 Å². The quantitative estimate of drug-likeness (QED) is 0.438. The van der Waals surface area contributed by atoms with Crippen molar-refractivity contribution >= 4 is 34.2 Å². The first kappa shape index (κ1) is 25.5. The molecule has 3 amide bonds. The predicted molar refractivity (Wildman–Crippen MR) is 147 cm³/mol. The number of amides is 3. The molecule has 3 aromatic rings. The summed E-state index contributed by atoms with van der Waals surface area (Å²) in [5.74, 6) is -2.50. The van der Waals surface area contributed by atoms with Crippen molar-refractivity contribution in [2.75, 3.05) is 19.0 Å². The summed E-state index contributed by atoms with van der Waals surface area (Å²) in [5, 5.41) is 18.3. The van der Waals surface area contributed by atoms with Crippen molar-refractivity contribution in [3.63, 3.8) is 0 Å². The Morgan fingerprint density at radius 2 is 1.74 bits per heavy atom. The number of nitrogens with zero attached hydrogens (tertiary/aromatic N) is 1. The molecule has 0 saturated carbocycles. The van der Waals surface area contributed by atoms with Crippen LogP contribution >= 0.6 is 0 Å². The molecule has 3 aliphatic rings. The number of carbonyl (C=O) groups excluding carboxylic acids is 3. The summed E-state index contributed by atoms with van der Waals surface area (Å²) in [4.78, 5) is 43.1. The zero-order chi connectivity index (χ0) is 27.4. The molecular weight excluding hydrogens is 494 g/mol. The summed E-state index contributed by atoms with van der Waals surface area (Å²) in [6.07, 6.45) is 1.40. The number of hydrogen-bond acceptors (Lipinski definition) is 5. The Bertz CT molecular complexity index is 1440. The third-order valence-corrected chi connectivity index (χ3v) is 8.93. The number of likely N-dealkylation sites (tertiary alicyclic amines) is 1. The van der Waals surface area contributed by atoms with Crippen LogP contribution in [-0.4, -0.2) is 64.7 Å². The number of aliphatic hydroxyl groups excluding tert-OH is 1. The third-order valence-electron chi connectivity index (χ3n) is 8.93. The van der Waals surface area contributed by atoms with Gasteiger partial charge in [0.05, 0.1) is 30.1 Å². The first-order valence-corrected chi connectivity index (χ1v) is 13.5. The van der Waals surface area contributed by atoms with Gasteiger partial charge in [-0.2, -0.15) is 0 Å². The van der Waals surface area contributed by atoms with E-state index in [0.717, 1.165) is 16.3 Å². The molecule has 3 fully saturated rings. The molecule has 202 valence electrons. The molecule has 8 nitrogen and oxygen atoms in total. The number of nitrogens with one attached hydrogen (secondary N) is 2. The predicted octanol–water partition coefficient (Wildman–Crippen LogP) is 2.89. The van der Waals surface area contributed by atoms with Crippen LogP contribution in [0.25, 0.3) is 10.8 Å². The molecule has 6 rings (SSSR count). The fourth-order valence-corrected chi connectivity index (χ4v) is 7.23. The molecule has 3 N–H and O–H groups in total. The molecular formula is C31H33N3O5. The highest BCUT2D eigenvalue weighted by atomic mass is 16.5. The zero-order valence-corrected chi connectivity index (χ0v) is 22.1. The van der Waals surface area contributed by atoms with E-state index in [4.69, 9.17) is 4.74 Å². The standard InChI is InChI=1S/C31H33N3O5/c1-30-14-15-31(39-30)25(24(30)27(36)32-2)29(38)34(23(18-35)16-19-8-4-3-5-9-19)26(31)28(37)33-22-13-12-20-10-6-7-11-21(20)17-22/h3-13,17,23-26,35H,14-16,18H2,1-2H3,(H,32,36)(H,33,37)/t23-,24-,25+,26?,30+,31?/m1/s1. The molecule has 3 aliphatic heterocycles. The van der Waals surface area contributed by atoms with Gasteiger partial charge >= 0.3 is 0 Å². The lowest BCUT2D eigenvalue weighted by Gasteiger charge is -2.37. The van der Waals surface area contributed by atoms with Gasteiger partial charge in [0.2, 0.25) is 17.7 Å². The van der Waals surface area contributed by atoms with Crippen LogP contribution in [0, 0.1) is 11.8 Å². The van der Waals surface area contributed by atoms with Gasteiger partial charge in [-0.25, -0.2) is 0 Å². The summed E-state index contributed by atoms with van der Waals surface area (Å²) in [6, 6.07) is 21.5. The van der Waals surface area contributed by atoms with Crippen LogP contribution in [0.15, 0.2) is 72.8 Å². The van der Waals surface area contributed by atoms with Crippen LogP contribution in [0.5, 0.6) is 0 Å². The highest BCUT2D eigenvalue weighted by Crippen LogP contribution is 2.63. The van der Waals surface area contributed by atoms with Crippen LogP contribution in [0.4, 0.5) is 5.69 Å². The lowest BCUT2D eigenvalue weighted by atomic mass is 9.66. The smallest absolute Gasteiger partial charge is 0.250 e. The number of anilines is 1.